The minimum atomic E-state index is -0.692. The van der Waals surface area contributed by atoms with Crippen LogP contribution in [0.15, 0.2) is 18.2 Å². The standard InChI is InChI=1S/C12H17ClFNO/c1-3-7(2)12(16)11(15)8-4-9(13)6-10(14)5-8/h4-7,11-12,16H,3,15H2,1-2H3/t7?,11-,12+/m1/s1. The molecule has 90 valence electrons. The Labute approximate surface area is 100 Å². The highest BCUT2D eigenvalue weighted by Gasteiger charge is 2.22. The van der Waals surface area contributed by atoms with Gasteiger partial charge in [-0.15, -0.1) is 0 Å². The minimum absolute atomic E-state index is 0.0667. The number of nitrogens with two attached hydrogens (primary N) is 1. The van der Waals surface area contributed by atoms with Gasteiger partial charge in [-0.1, -0.05) is 31.9 Å². The summed E-state index contributed by atoms with van der Waals surface area (Å²) in [4.78, 5) is 0. The molecule has 1 aromatic carbocycles. The number of hydrogen-bond donors (Lipinski definition) is 2. The molecule has 0 radical (unpaired) electrons. The van der Waals surface area contributed by atoms with Crippen molar-refractivity contribution in [2.75, 3.05) is 0 Å². The Hall–Kier alpha value is -0.640. The van der Waals surface area contributed by atoms with E-state index < -0.39 is 18.0 Å². The lowest BCUT2D eigenvalue weighted by molar-refractivity contribution is 0.0879. The number of benzene rings is 1. The zero-order chi connectivity index (χ0) is 12.3. The van der Waals surface area contributed by atoms with E-state index in [4.69, 9.17) is 17.3 Å². The lowest BCUT2D eigenvalue weighted by Crippen LogP contribution is -2.31. The summed E-state index contributed by atoms with van der Waals surface area (Å²) in [5.41, 5.74) is 6.40. The lowest BCUT2D eigenvalue weighted by atomic mass is 9.91. The number of aliphatic hydroxyl groups is 1. The van der Waals surface area contributed by atoms with Crippen LogP contribution in [0.2, 0.25) is 5.02 Å². The summed E-state index contributed by atoms with van der Waals surface area (Å²) in [5.74, 6) is -0.369. The zero-order valence-electron chi connectivity index (χ0n) is 9.45. The second-order valence-corrected chi connectivity index (χ2v) is 4.54. The van der Waals surface area contributed by atoms with Crippen molar-refractivity contribution < 1.29 is 9.50 Å². The first kappa shape index (κ1) is 13.4. The molecule has 0 bridgehead atoms. The van der Waals surface area contributed by atoms with Crippen molar-refractivity contribution in [3.8, 4) is 0 Å². The van der Waals surface area contributed by atoms with Crippen molar-refractivity contribution in [2.24, 2.45) is 11.7 Å². The molecule has 3 N–H and O–H groups in total. The Morgan fingerprint density at radius 1 is 1.44 bits per heavy atom. The van der Waals surface area contributed by atoms with Crippen molar-refractivity contribution in [3.05, 3.63) is 34.6 Å². The number of rotatable bonds is 4. The molecule has 0 heterocycles. The van der Waals surface area contributed by atoms with Crippen LogP contribution < -0.4 is 5.73 Å². The Morgan fingerprint density at radius 2 is 2.06 bits per heavy atom. The summed E-state index contributed by atoms with van der Waals surface area (Å²) >= 11 is 5.74. The van der Waals surface area contributed by atoms with Gasteiger partial charge < -0.3 is 10.8 Å². The third-order valence-electron chi connectivity index (χ3n) is 2.86. The van der Waals surface area contributed by atoms with E-state index in [1.54, 1.807) is 6.07 Å². The van der Waals surface area contributed by atoms with Gasteiger partial charge in [-0.05, 0) is 29.7 Å². The Kier molecular flexibility index (Phi) is 4.71. The van der Waals surface area contributed by atoms with Gasteiger partial charge in [0.25, 0.3) is 0 Å². The minimum Gasteiger partial charge on any atom is -0.391 e. The van der Waals surface area contributed by atoms with E-state index >= 15 is 0 Å². The maximum absolute atomic E-state index is 13.1. The molecule has 0 fully saturated rings. The molecular weight excluding hydrogens is 229 g/mol. The van der Waals surface area contributed by atoms with Gasteiger partial charge in [0.1, 0.15) is 5.82 Å². The van der Waals surface area contributed by atoms with Gasteiger partial charge in [-0.25, -0.2) is 4.39 Å². The van der Waals surface area contributed by atoms with Crippen LogP contribution in [-0.4, -0.2) is 11.2 Å². The van der Waals surface area contributed by atoms with Gasteiger partial charge in [0, 0.05) is 5.02 Å². The van der Waals surface area contributed by atoms with Crippen molar-refractivity contribution in [1.82, 2.24) is 0 Å². The summed E-state index contributed by atoms with van der Waals surface area (Å²) in [6.07, 6.45) is 0.126. The molecular formula is C12H17ClFNO. The summed E-state index contributed by atoms with van der Waals surface area (Å²) in [7, 11) is 0. The van der Waals surface area contributed by atoms with Crippen LogP contribution in [-0.2, 0) is 0 Å². The molecule has 4 heteroatoms. The number of aliphatic hydroxyl groups excluding tert-OH is 1. The van der Waals surface area contributed by atoms with Crippen LogP contribution in [0.25, 0.3) is 0 Å². The molecule has 1 aromatic rings. The number of hydrogen-bond acceptors (Lipinski definition) is 2. The second kappa shape index (κ2) is 5.62. The summed E-state index contributed by atoms with van der Waals surface area (Å²) in [6, 6.07) is 3.50. The van der Waals surface area contributed by atoms with Crippen LogP contribution in [0, 0.1) is 11.7 Å². The Balaban J connectivity index is 2.91. The molecule has 1 rings (SSSR count). The maximum Gasteiger partial charge on any atom is 0.125 e. The molecule has 0 saturated carbocycles. The molecule has 2 nitrogen and oxygen atoms in total. The third-order valence-corrected chi connectivity index (χ3v) is 3.08. The molecule has 0 amide bonds. The number of halogens is 2. The summed E-state index contributed by atoms with van der Waals surface area (Å²) < 4.78 is 13.1. The van der Waals surface area contributed by atoms with Crippen LogP contribution in [0.3, 0.4) is 0 Å². The largest absolute Gasteiger partial charge is 0.391 e. The van der Waals surface area contributed by atoms with Crippen LogP contribution >= 0.6 is 11.6 Å². The zero-order valence-corrected chi connectivity index (χ0v) is 10.2. The van der Waals surface area contributed by atoms with E-state index in [0.29, 0.717) is 10.6 Å². The molecule has 1 unspecified atom stereocenters. The van der Waals surface area contributed by atoms with Gasteiger partial charge in [0.2, 0.25) is 0 Å². The molecule has 0 aliphatic heterocycles. The molecule has 0 aliphatic carbocycles. The van der Waals surface area contributed by atoms with Crippen molar-refractivity contribution in [3.63, 3.8) is 0 Å². The first-order chi connectivity index (χ1) is 7.45. The topological polar surface area (TPSA) is 46.2 Å². The molecule has 3 atom stereocenters. The second-order valence-electron chi connectivity index (χ2n) is 4.10. The van der Waals surface area contributed by atoms with E-state index in [-0.39, 0.29) is 5.92 Å². The van der Waals surface area contributed by atoms with Crippen LogP contribution in [0.1, 0.15) is 31.9 Å². The van der Waals surface area contributed by atoms with Crippen molar-refractivity contribution in [1.29, 1.82) is 0 Å². The van der Waals surface area contributed by atoms with Crippen molar-refractivity contribution >= 4 is 11.6 Å². The smallest absolute Gasteiger partial charge is 0.125 e. The quantitative estimate of drug-likeness (QED) is 0.857. The highest BCUT2D eigenvalue weighted by atomic mass is 35.5. The third kappa shape index (κ3) is 3.17. The predicted octanol–water partition coefficient (Wildman–Crippen LogP) is 2.89. The first-order valence-corrected chi connectivity index (χ1v) is 5.73. The van der Waals surface area contributed by atoms with Gasteiger partial charge in [-0.2, -0.15) is 0 Å². The lowest BCUT2D eigenvalue weighted by Gasteiger charge is -2.24. The highest BCUT2D eigenvalue weighted by molar-refractivity contribution is 6.30. The van der Waals surface area contributed by atoms with E-state index in [0.717, 1.165) is 6.42 Å². The molecule has 0 aromatic heterocycles. The molecule has 0 saturated heterocycles. The van der Waals surface area contributed by atoms with E-state index in [1.807, 2.05) is 13.8 Å². The maximum atomic E-state index is 13.1. The highest BCUT2D eigenvalue weighted by Crippen LogP contribution is 2.24. The van der Waals surface area contributed by atoms with E-state index in [2.05, 4.69) is 0 Å². The first-order valence-electron chi connectivity index (χ1n) is 5.35. The fraction of sp³-hybridized carbons (Fsp3) is 0.500. The average Bonchev–Trinajstić information content (AvgIpc) is 2.24. The van der Waals surface area contributed by atoms with Gasteiger partial charge in [-0.3, -0.25) is 0 Å². The van der Waals surface area contributed by atoms with Crippen molar-refractivity contribution in [2.45, 2.75) is 32.4 Å². The monoisotopic (exact) mass is 245 g/mol. The summed E-state index contributed by atoms with van der Waals surface area (Å²) in [6.45, 7) is 3.88. The fourth-order valence-electron chi connectivity index (χ4n) is 1.56. The fourth-order valence-corrected chi connectivity index (χ4v) is 1.79. The van der Waals surface area contributed by atoms with Crippen LogP contribution in [0.5, 0.6) is 0 Å². The normalized spacial score (nSPS) is 16.9. The SMILES string of the molecule is CCC(C)[C@H](O)[C@H](N)c1cc(F)cc(Cl)c1. The Bertz CT molecular complexity index is 339. The van der Waals surface area contributed by atoms with E-state index in [1.165, 1.54) is 12.1 Å². The summed E-state index contributed by atoms with van der Waals surface area (Å²) in [5, 5.41) is 10.2. The molecule has 16 heavy (non-hydrogen) atoms. The van der Waals surface area contributed by atoms with Crippen LogP contribution in [0.4, 0.5) is 4.39 Å². The average molecular weight is 246 g/mol. The van der Waals surface area contributed by atoms with Gasteiger partial charge >= 0.3 is 0 Å². The van der Waals surface area contributed by atoms with E-state index in [9.17, 15) is 9.50 Å². The van der Waals surface area contributed by atoms with Gasteiger partial charge in [0.05, 0.1) is 12.1 Å². The predicted molar refractivity (Wildman–Crippen MR) is 63.8 cm³/mol. The van der Waals surface area contributed by atoms with Gasteiger partial charge in [0.15, 0.2) is 0 Å². The Morgan fingerprint density at radius 3 is 2.56 bits per heavy atom. The molecule has 0 spiro atoms. The molecule has 0 aliphatic rings.